The number of benzene rings is 2. The summed E-state index contributed by atoms with van der Waals surface area (Å²) in [4.78, 5) is -2.46. The minimum Gasteiger partial charge on any atom is -0.505 e. The molecule has 1 aliphatic carbocycles. The van der Waals surface area contributed by atoms with Crippen LogP contribution in [0.5, 0.6) is 11.5 Å². The topological polar surface area (TPSA) is 177 Å². The van der Waals surface area contributed by atoms with Crippen LogP contribution in [0.4, 0.5) is 0 Å². The molecule has 200 valence electrons. The van der Waals surface area contributed by atoms with Gasteiger partial charge in [-0.15, -0.1) is 0 Å². The molecule has 0 heterocycles. The van der Waals surface area contributed by atoms with Gasteiger partial charge in [-0.1, -0.05) is 19.3 Å². The van der Waals surface area contributed by atoms with Crippen LogP contribution in [0.1, 0.15) is 43.2 Å². The molecule has 0 aromatic heterocycles. The third kappa shape index (κ3) is 5.27. The Morgan fingerprint density at radius 3 is 1.00 bits per heavy atom. The summed E-state index contributed by atoms with van der Waals surface area (Å²) in [6.45, 7) is 0. The fraction of sp³-hybridized carbons (Fsp3) is 0.455. The first kappa shape index (κ1) is 28.4. The summed E-state index contributed by atoms with van der Waals surface area (Å²) < 4.78 is 99.8. The SMILES string of the molecule is CS(=O)(=O)c1cc(C2(c3cc(S(C)(=O)=O)c(O)c(S(C)(=O)=O)c3)CCCCC2)cc(S(C)(=O)=O)c1O. The highest BCUT2D eigenvalue weighted by Crippen LogP contribution is 2.49. The molecular formula is C22H28O10S4. The molecule has 2 N–H and O–H groups in total. The zero-order valence-electron chi connectivity index (χ0n) is 20.1. The summed E-state index contributed by atoms with van der Waals surface area (Å²) in [5, 5.41) is 21.1. The van der Waals surface area contributed by atoms with Crippen molar-refractivity contribution in [1.82, 2.24) is 0 Å². The van der Waals surface area contributed by atoms with E-state index in [1.54, 1.807) is 0 Å². The van der Waals surface area contributed by atoms with Crippen molar-refractivity contribution in [3.8, 4) is 11.5 Å². The minimum absolute atomic E-state index is 0.172. The predicted octanol–water partition coefficient (Wildman–Crippen LogP) is 1.96. The zero-order valence-corrected chi connectivity index (χ0v) is 23.4. The lowest BCUT2D eigenvalue weighted by atomic mass is 9.65. The Kier molecular flexibility index (Phi) is 7.10. The Morgan fingerprint density at radius 1 is 0.528 bits per heavy atom. The smallest absolute Gasteiger partial charge is 0.179 e. The zero-order chi connectivity index (χ0) is 27.5. The second-order valence-corrected chi connectivity index (χ2v) is 17.3. The van der Waals surface area contributed by atoms with Crippen LogP contribution in [0.3, 0.4) is 0 Å². The molecule has 2 aromatic rings. The van der Waals surface area contributed by atoms with Gasteiger partial charge in [-0.2, -0.15) is 0 Å². The lowest BCUT2D eigenvalue weighted by molar-refractivity contribution is 0.341. The number of sulfone groups is 4. The molecule has 10 nitrogen and oxygen atoms in total. The molecule has 0 saturated heterocycles. The van der Waals surface area contributed by atoms with Gasteiger partial charge in [0.1, 0.15) is 19.6 Å². The van der Waals surface area contributed by atoms with Crippen LogP contribution < -0.4 is 0 Å². The highest BCUT2D eigenvalue weighted by Gasteiger charge is 2.40. The molecule has 0 atom stereocenters. The van der Waals surface area contributed by atoms with E-state index in [-0.39, 0.29) is 11.1 Å². The number of rotatable bonds is 6. The van der Waals surface area contributed by atoms with Crippen molar-refractivity contribution < 1.29 is 43.9 Å². The van der Waals surface area contributed by atoms with Crippen molar-refractivity contribution >= 4 is 39.3 Å². The van der Waals surface area contributed by atoms with Gasteiger partial charge in [0.15, 0.2) is 50.8 Å². The van der Waals surface area contributed by atoms with Gasteiger partial charge in [0.2, 0.25) is 0 Å². The van der Waals surface area contributed by atoms with Gasteiger partial charge in [-0.05, 0) is 48.2 Å². The summed E-state index contributed by atoms with van der Waals surface area (Å²) >= 11 is 0. The highest BCUT2D eigenvalue weighted by molar-refractivity contribution is 7.92. The summed E-state index contributed by atoms with van der Waals surface area (Å²) in [5.74, 6) is -1.84. The van der Waals surface area contributed by atoms with Gasteiger partial charge < -0.3 is 10.2 Å². The van der Waals surface area contributed by atoms with Crippen LogP contribution >= 0.6 is 0 Å². The largest absolute Gasteiger partial charge is 0.505 e. The third-order valence-corrected chi connectivity index (χ3v) is 10.9. The Labute approximate surface area is 211 Å². The van der Waals surface area contributed by atoms with E-state index >= 15 is 0 Å². The van der Waals surface area contributed by atoms with E-state index in [0.717, 1.165) is 55.7 Å². The molecule has 0 aliphatic heterocycles. The number of hydrogen-bond acceptors (Lipinski definition) is 10. The third-order valence-electron chi connectivity index (χ3n) is 6.49. The highest BCUT2D eigenvalue weighted by atomic mass is 32.2. The van der Waals surface area contributed by atoms with Crippen molar-refractivity contribution in [2.45, 2.75) is 57.1 Å². The molecule has 0 radical (unpaired) electrons. The van der Waals surface area contributed by atoms with Crippen LogP contribution in [-0.2, 0) is 44.8 Å². The normalized spacial score (nSPS) is 17.1. The van der Waals surface area contributed by atoms with Crippen LogP contribution in [0, 0.1) is 0 Å². The first-order chi connectivity index (χ1) is 16.2. The molecule has 2 aromatic carbocycles. The maximum Gasteiger partial charge on any atom is 0.179 e. The Balaban J connectivity index is 2.56. The molecule has 1 aliphatic rings. The van der Waals surface area contributed by atoms with Crippen LogP contribution in [0.2, 0.25) is 0 Å². The molecule has 1 saturated carbocycles. The molecule has 0 spiro atoms. The first-order valence-electron chi connectivity index (χ1n) is 10.7. The van der Waals surface area contributed by atoms with Crippen LogP contribution in [0.25, 0.3) is 0 Å². The van der Waals surface area contributed by atoms with Crippen molar-refractivity contribution in [2.24, 2.45) is 0 Å². The van der Waals surface area contributed by atoms with E-state index in [4.69, 9.17) is 0 Å². The van der Waals surface area contributed by atoms with Crippen molar-refractivity contribution in [3.63, 3.8) is 0 Å². The van der Waals surface area contributed by atoms with Gasteiger partial charge >= 0.3 is 0 Å². The molecule has 1 fully saturated rings. The van der Waals surface area contributed by atoms with Gasteiger partial charge in [0, 0.05) is 30.4 Å². The van der Waals surface area contributed by atoms with Gasteiger partial charge in [0.25, 0.3) is 0 Å². The van der Waals surface area contributed by atoms with E-state index < -0.39 is 75.8 Å². The fourth-order valence-corrected chi connectivity index (χ4v) is 8.09. The van der Waals surface area contributed by atoms with Gasteiger partial charge in [-0.25, -0.2) is 33.7 Å². The number of phenols is 2. The first-order valence-corrected chi connectivity index (χ1v) is 18.3. The second kappa shape index (κ2) is 8.99. The predicted molar refractivity (Wildman–Crippen MR) is 133 cm³/mol. The molecule has 0 amide bonds. The van der Waals surface area contributed by atoms with E-state index in [1.165, 1.54) is 0 Å². The number of hydrogen-bond donors (Lipinski definition) is 2. The van der Waals surface area contributed by atoms with Crippen molar-refractivity contribution in [2.75, 3.05) is 25.0 Å². The van der Waals surface area contributed by atoms with Crippen LogP contribution in [0.15, 0.2) is 43.8 Å². The minimum atomic E-state index is -4.10. The molecule has 3 rings (SSSR count). The Morgan fingerprint density at radius 2 is 0.778 bits per heavy atom. The second-order valence-electron chi connectivity index (χ2n) is 9.37. The average Bonchev–Trinajstić information content (AvgIpc) is 2.71. The van der Waals surface area contributed by atoms with E-state index in [9.17, 15) is 43.9 Å². The van der Waals surface area contributed by atoms with Gasteiger partial charge in [-0.3, -0.25) is 0 Å². The van der Waals surface area contributed by atoms with Crippen molar-refractivity contribution in [3.05, 3.63) is 35.4 Å². The molecule has 0 bridgehead atoms. The summed E-state index contributed by atoms with van der Waals surface area (Å²) in [7, 11) is -16.4. The standard InChI is InChI=1S/C22H28O10S4/c1-33(25,26)16-10-14(11-17(20(16)23)34(2,27)28)22(8-6-5-7-9-22)15-12-18(35(3,29)30)21(24)19(13-15)36(4,31)32/h10-13,23-24H,5-9H2,1-4H3. The molecule has 36 heavy (non-hydrogen) atoms. The lowest BCUT2D eigenvalue weighted by Crippen LogP contribution is -2.31. The summed E-state index contributed by atoms with van der Waals surface area (Å²) in [6.07, 6.45) is 5.84. The maximum absolute atomic E-state index is 12.5. The fourth-order valence-electron chi connectivity index (χ4n) is 4.75. The average molecular weight is 581 g/mol. The maximum atomic E-state index is 12.5. The molecular weight excluding hydrogens is 553 g/mol. The van der Waals surface area contributed by atoms with Crippen LogP contribution in [-0.4, -0.2) is 68.9 Å². The van der Waals surface area contributed by atoms with E-state index in [0.29, 0.717) is 25.7 Å². The van der Waals surface area contributed by atoms with Crippen molar-refractivity contribution in [1.29, 1.82) is 0 Å². The molecule has 0 unspecified atom stereocenters. The molecule has 14 heteroatoms. The number of aromatic hydroxyl groups is 2. The van der Waals surface area contributed by atoms with E-state index in [1.807, 2.05) is 0 Å². The van der Waals surface area contributed by atoms with Gasteiger partial charge in [0.05, 0.1) is 0 Å². The number of phenolic OH excluding ortho intramolecular Hbond substituents is 2. The Bertz CT molecular complexity index is 1440. The monoisotopic (exact) mass is 580 g/mol. The van der Waals surface area contributed by atoms with E-state index in [2.05, 4.69) is 0 Å². The summed E-state index contributed by atoms with van der Waals surface area (Å²) in [6, 6.07) is 4.60. The summed E-state index contributed by atoms with van der Waals surface area (Å²) in [5.41, 5.74) is -0.854. The lowest BCUT2D eigenvalue weighted by Gasteiger charge is -2.39. The quantitative estimate of drug-likeness (QED) is 0.513. The Hall–Kier alpha value is -2.16.